The van der Waals surface area contributed by atoms with E-state index >= 15 is 0 Å². The summed E-state index contributed by atoms with van der Waals surface area (Å²) in [6.07, 6.45) is 0. The quantitative estimate of drug-likeness (QED) is 0.714. The molecule has 2 heterocycles. The van der Waals surface area contributed by atoms with Crippen LogP contribution in [0.2, 0.25) is 0 Å². The number of halogens is 1. The summed E-state index contributed by atoms with van der Waals surface area (Å²) in [5.41, 5.74) is 1.40. The van der Waals surface area contributed by atoms with E-state index in [-0.39, 0.29) is 23.8 Å². The van der Waals surface area contributed by atoms with Crippen LogP contribution in [0.1, 0.15) is 18.7 Å². The highest BCUT2D eigenvalue weighted by Gasteiger charge is 2.26. The van der Waals surface area contributed by atoms with Crippen molar-refractivity contribution in [1.82, 2.24) is 15.6 Å². The molecule has 0 bridgehead atoms. The molecule has 1 aliphatic heterocycles. The highest BCUT2D eigenvalue weighted by atomic mass is 19.1. The van der Waals surface area contributed by atoms with E-state index in [4.69, 9.17) is 0 Å². The van der Waals surface area contributed by atoms with Crippen LogP contribution < -0.4 is 10.6 Å². The Bertz CT molecular complexity index is 607. The lowest BCUT2D eigenvalue weighted by atomic mass is 10.1. The zero-order valence-corrected chi connectivity index (χ0v) is 9.96. The summed E-state index contributed by atoms with van der Waals surface area (Å²) in [5, 5.41) is 6.87. The summed E-state index contributed by atoms with van der Waals surface area (Å²) in [5.74, 6) is -0.264. The van der Waals surface area contributed by atoms with E-state index in [1.54, 1.807) is 6.07 Å². The Morgan fingerprint density at radius 2 is 2.22 bits per heavy atom. The number of carbonyl (C=O) groups is 1. The van der Waals surface area contributed by atoms with Crippen LogP contribution in [0, 0.1) is 5.82 Å². The molecule has 1 saturated heterocycles. The number of carbonyl (C=O) groups excluding carboxylic acids is 1. The zero-order valence-electron chi connectivity index (χ0n) is 9.96. The van der Waals surface area contributed by atoms with Crippen LogP contribution in [0.5, 0.6) is 0 Å². The number of rotatable bonds is 1. The average molecular weight is 247 g/mol. The Morgan fingerprint density at radius 3 is 2.94 bits per heavy atom. The van der Waals surface area contributed by atoms with E-state index in [1.807, 2.05) is 19.1 Å². The summed E-state index contributed by atoms with van der Waals surface area (Å²) >= 11 is 0. The predicted molar refractivity (Wildman–Crippen MR) is 66.6 cm³/mol. The first-order valence-electron chi connectivity index (χ1n) is 5.96. The fourth-order valence-electron chi connectivity index (χ4n) is 2.32. The molecular weight excluding hydrogens is 233 g/mol. The molecule has 0 saturated carbocycles. The molecule has 18 heavy (non-hydrogen) atoms. The molecule has 4 nitrogen and oxygen atoms in total. The molecule has 94 valence electrons. The van der Waals surface area contributed by atoms with Gasteiger partial charge in [-0.3, -0.25) is 10.1 Å². The van der Waals surface area contributed by atoms with Gasteiger partial charge in [0, 0.05) is 17.6 Å². The molecule has 0 radical (unpaired) electrons. The van der Waals surface area contributed by atoms with Crippen LogP contribution in [0.4, 0.5) is 4.39 Å². The van der Waals surface area contributed by atoms with Crippen LogP contribution in [0.15, 0.2) is 24.3 Å². The number of piperazine rings is 1. The highest BCUT2D eigenvalue weighted by molar-refractivity contribution is 5.83. The Balaban J connectivity index is 1.95. The lowest BCUT2D eigenvalue weighted by Crippen LogP contribution is -2.53. The molecule has 2 atom stereocenters. The highest BCUT2D eigenvalue weighted by Crippen LogP contribution is 2.23. The second-order valence-corrected chi connectivity index (χ2v) is 4.61. The molecule has 2 unspecified atom stereocenters. The van der Waals surface area contributed by atoms with Crippen molar-refractivity contribution in [3.63, 3.8) is 0 Å². The third-order valence-corrected chi connectivity index (χ3v) is 3.33. The van der Waals surface area contributed by atoms with Gasteiger partial charge in [-0.1, -0.05) is 12.1 Å². The molecule has 2 aromatic rings. The number of para-hydroxylation sites is 1. The minimum atomic E-state index is -0.258. The number of amides is 1. The Hall–Kier alpha value is -1.88. The average Bonchev–Trinajstić information content (AvgIpc) is 2.78. The zero-order chi connectivity index (χ0) is 12.7. The van der Waals surface area contributed by atoms with Gasteiger partial charge in [0.1, 0.15) is 5.82 Å². The Morgan fingerprint density at radius 1 is 1.39 bits per heavy atom. The molecule has 1 aromatic heterocycles. The molecule has 3 N–H and O–H groups in total. The van der Waals surface area contributed by atoms with Gasteiger partial charge in [0.2, 0.25) is 5.91 Å². The second-order valence-electron chi connectivity index (χ2n) is 4.61. The van der Waals surface area contributed by atoms with Crippen LogP contribution in [-0.4, -0.2) is 23.5 Å². The van der Waals surface area contributed by atoms with Gasteiger partial charge < -0.3 is 10.3 Å². The van der Waals surface area contributed by atoms with E-state index in [9.17, 15) is 9.18 Å². The fraction of sp³-hybridized carbons (Fsp3) is 0.308. The summed E-state index contributed by atoms with van der Waals surface area (Å²) < 4.78 is 13.6. The minimum absolute atomic E-state index is 0.00598. The monoisotopic (exact) mass is 247 g/mol. The largest absolute Gasteiger partial charge is 0.355 e. The maximum atomic E-state index is 13.6. The Kier molecular flexibility index (Phi) is 2.56. The third-order valence-electron chi connectivity index (χ3n) is 3.33. The third kappa shape index (κ3) is 1.76. The standard InChI is InChI=1S/C13H14FN3O/c1-7-13(18)15-6-11(16-7)10-5-8-3-2-4-9(14)12(8)17-10/h2-5,7,11,16-17H,6H2,1H3,(H,15,18). The first kappa shape index (κ1) is 11.2. The van der Waals surface area contributed by atoms with E-state index in [1.165, 1.54) is 6.07 Å². The molecule has 1 aromatic carbocycles. The van der Waals surface area contributed by atoms with E-state index in [0.717, 1.165) is 11.1 Å². The van der Waals surface area contributed by atoms with Crippen molar-refractivity contribution in [3.8, 4) is 0 Å². The van der Waals surface area contributed by atoms with Crippen LogP contribution in [0.3, 0.4) is 0 Å². The molecular formula is C13H14FN3O. The van der Waals surface area contributed by atoms with Gasteiger partial charge in [-0.05, 0) is 19.1 Å². The number of hydrogen-bond acceptors (Lipinski definition) is 2. The second kappa shape index (κ2) is 4.10. The number of aromatic amines is 1. The van der Waals surface area contributed by atoms with Crippen molar-refractivity contribution in [3.05, 3.63) is 35.8 Å². The van der Waals surface area contributed by atoms with Gasteiger partial charge in [0.15, 0.2) is 0 Å². The summed E-state index contributed by atoms with van der Waals surface area (Å²) in [6.45, 7) is 2.32. The first-order chi connectivity index (χ1) is 8.65. The molecule has 3 rings (SSSR count). The Labute approximate surface area is 104 Å². The molecule has 5 heteroatoms. The topological polar surface area (TPSA) is 56.9 Å². The van der Waals surface area contributed by atoms with Crippen LogP contribution in [-0.2, 0) is 4.79 Å². The van der Waals surface area contributed by atoms with Crippen LogP contribution in [0.25, 0.3) is 10.9 Å². The van der Waals surface area contributed by atoms with E-state index in [2.05, 4.69) is 15.6 Å². The number of fused-ring (bicyclic) bond motifs is 1. The number of nitrogens with one attached hydrogen (secondary N) is 3. The van der Waals surface area contributed by atoms with Crippen molar-refractivity contribution < 1.29 is 9.18 Å². The summed E-state index contributed by atoms with van der Waals surface area (Å²) in [7, 11) is 0. The first-order valence-corrected chi connectivity index (χ1v) is 5.96. The van der Waals surface area contributed by atoms with Gasteiger partial charge in [0.25, 0.3) is 0 Å². The molecule has 1 aliphatic rings. The summed E-state index contributed by atoms with van der Waals surface area (Å²) in [4.78, 5) is 14.4. The number of benzene rings is 1. The number of hydrogen-bond donors (Lipinski definition) is 3. The smallest absolute Gasteiger partial charge is 0.236 e. The molecule has 1 amide bonds. The summed E-state index contributed by atoms with van der Waals surface area (Å²) in [6, 6.07) is 6.66. The lowest BCUT2D eigenvalue weighted by Gasteiger charge is -2.28. The van der Waals surface area contributed by atoms with Crippen molar-refractivity contribution in [2.24, 2.45) is 0 Å². The van der Waals surface area contributed by atoms with E-state index < -0.39 is 0 Å². The molecule has 1 fully saturated rings. The lowest BCUT2D eigenvalue weighted by molar-refractivity contribution is -0.124. The van der Waals surface area contributed by atoms with Gasteiger partial charge in [-0.25, -0.2) is 4.39 Å². The minimum Gasteiger partial charge on any atom is -0.355 e. The normalized spacial score (nSPS) is 24.2. The number of aromatic nitrogens is 1. The fourth-order valence-corrected chi connectivity index (χ4v) is 2.32. The number of H-pyrrole nitrogens is 1. The molecule has 0 aliphatic carbocycles. The molecule has 0 spiro atoms. The van der Waals surface area contributed by atoms with Crippen molar-refractivity contribution in [2.75, 3.05) is 6.54 Å². The maximum absolute atomic E-state index is 13.6. The SMILES string of the molecule is CC1NC(c2cc3cccc(F)c3[nH]2)CNC1=O. The van der Waals surface area contributed by atoms with Crippen molar-refractivity contribution >= 4 is 16.8 Å². The predicted octanol–water partition coefficient (Wildman–Crippen LogP) is 1.46. The van der Waals surface area contributed by atoms with Gasteiger partial charge in [-0.2, -0.15) is 0 Å². The van der Waals surface area contributed by atoms with Crippen LogP contribution >= 0.6 is 0 Å². The van der Waals surface area contributed by atoms with Crippen molar-refractivity contribution in [2.45, 2.75) is 19.0 Å². The maximum Gasteiger partial charge on any atom is 0.236 e. The van der Waals surface area contributed by atoms with Gasteiger partial charge >= 0.3 is 0 Å². The van der Waals surface area contributed by atoms with Gasteiger partial charge in [-0.15, -0.1) is 0 Å². The van der Waals surface area contributed by atoms with E-state index in [0.29, 0.717) is 12.1 Å². The van der Waals surface area contributed by atoms with Crippen molar-refractivity contribution in [1.29, 1.82) is 0 Å². The van der Waals surface area contributed by atoms with Gasteiger partial charge in [0.05, 0.1) is 17.6 Å².